The van der Waals surface area contributed by atoms with E-state index in [1.54, 1.807) is 44.4 Å². The largest absolute Gasteiger partial charge is 0.466 e. The van der Waals surface area contributed by atoms with Gasteiger partial charge in [-0.05, 0) is 83.9 Å². The lowest BCUT2D eigenvalue weighted by molar-refractivity contribution is -0.144. The van der Waals surface area contributed by atoms with Gasteiger partial charge in [0.25, 0.3) is 0 Å². The van der Waals surface area contributed by atoms with E-state index >= 15 is 0 Å². The van der Waals surface area contributed by atoms with Crippen molar-refractivity contribution in [1.29, 1.82) is 0 Å². The molecule has 0 aromatic heterocycles. The predicted octanol–water partition coefficient (Wildman–Crippen LogP) is 4.05. The fraction of sp³-hybridized carbons (Fsp3) is 0.643. The van der Waals surface area contributed by atoms with Gasteiger partial charge in [-0.25, -0.2) is 4.79 Å². The third-order valence-electron chi connectivity index (χ3n) is 5.97. The molecule has 0 saturated heterocycles. The summed E-state index contributed by atoms with van der Waals surface area (Å²) in [5.41, 5.74) is 1.93. The van der Waals surface area contributed by atoms with Crippen molar-refractivity contribution >= 4 is 35.6 Å². The number of amides is 3. The maximum atomic E-state index is 14.1. The Morgan fingerprint density at radius 2 is 1.84 bits per heavy atom. The van der Waals surface area contributed by atoms with Gasteiger partial charge in [-0.2, -0.15) is 11.8 Å². The molecule has 10 heteroatoms. The molecule has 2 unspecified atom stereocenters. The van der Waals surface area contributed by atoms with Gasteiger partial charge in [-0.3, -0.25) is 14.4 Å². The average Bonchev–Trinajstić information content (AvgIpc) is 3.64. The highest BCUT2D eigenvalue weighted by Crippen LogP contribution is 2.37. The third-order valence-corrected chi connectivity index (χ3v) is 6.62. The van der Waals surface area contributed by atoms with Gasteiger partial charge in [0.15, 0.2) is 0 Å². The zero-order valence-electron chi connectivity index (χ0n) is 23.7. The number of benzene rings is 1. The Morgan fingerprint density at radius 1 is 1.16 bits per heavy atom. The van der Waals surface area contributed by atoms with E-state index in [-0.39, 0.29) is 37.4 Å². The summed E-state index contributed by atoms with van der Waals surface area (Å²) in [6.07, 6.45) is 3.23. The highest BCUT2D eigenvalue weighted by atomic mass is 32.2. The monoisotopic (exact) mass is 549 g/mol. The Balaban J connectivity index is 2.40. The van der Waals surface area contributed by atoms with Crippen LogP contribution in [0.4, 0.5) is 4.79 Å². The molecule has 0 bridgehead atoms. The fourth-order valence-corrected chi connectivity index (χ4v) is 4.63. The summed E-state index contributed by atoms with van der Waals surface area (Å²) in [5.74, 6) is -0.449. The zero-order valence-corrected chi connectivity index (χ0v) is 24.5. The summed E-state index contributed by atoms with van der Waals surface area (Å²) in [7, 11) is 0. The topological polar surface area (TPSA) is 114 Å². The molecule has 2 atom stereocenters. The van der Waals surface area contributed by atoms with Crippen molar-refractivity contribution in [2.75, 3.05) is 25.2 Å². The van der Waals surface area contributed by atoms with Crippen molar-refractivity contribution in [3.63, 3.8) is 0 Å². The normalized spacial score (nSPS) is 14.7. The molecule has 212 valence electrons. The molecule has 38 heavy (non-hydrogen) atoms. The van der Waals surface area contributed by atoms with E-state index in [2.05, 4.69) is 10.6 Å². The SMILES string of the molecule is CCOC(=O)CCNC(=O)C(c1ccc(C)cc1C)N(C(=O)C(CCSC)NC(=O)OC(C)(C)C)C1CC1. The van der Waals surface area contributed by atoms with E-state index in [9.17, 15) is 19.2 Å². The number of nitrogens with one attached hydrogen (secondary N) is 2. The Hall–Kier alpha value is -2.75. The molecular weight excluding hydrogens is 506 g/mol. The minimum atomic E-state index is -0.907. The number of rotatable bonds is 13. The van der Waals surface area contributed by atoms with Crippen molar-refractivity contribution < 1.29 is 28.7 Å². The van der Waals surface area contributed by atoms with Crippen molar-refractivity contribution in [2.24, 2.45) is 0 Å². The number of ether oxygens (including phenoxy) is 2. The number of nitrogens with zero attached hydrogens (tertiary/aromatic N) is 1. The van der Waals surface area contributed by atoms with Gasteiger partial charge < -0.3 is 25.0 Å². The van der Waals surface area contributed by atoms with Crippen molar-refractivity contribution in [2.45, 2.75) is 91.0 Å². The lowest BCUT2D eigenvalue weighted by Crippen LogP contribution is -2.54. The summed E-state index contributed by atoms with van der Waals surface area (Å²) in [5, 5.41) is 5.59. The standard InChI is InChI=1S/C28H43N3O6S/c1-8-36-23(32)13-15-29-25(33)24(21-12-9-18(2)17-19(21)3)31(20-10-11-20)26(34)22(14-16-38-7)30-27(35)37-28(4,5)6/h9,12,17,20,22,24H,8,10-11,13-16H2,1-7H3,(H,29,33)(H,30,35). The molecule has 1 aromatic rings. The number of thioether (sulfide) groups is 1. The quantitative estimate of drug-likeness (QED) is 0.357. The van der Waals surface area contributed by atoms with Crippen molar-refractivity contribution in [1.82, 2.24) is 15.5 Å². The van der Waals surface area contributed by atoms with E-state index in [4.69, 9.17) is 9.47 Å². The predicted molar refractivity (Wildman–Crippen MR) is 149 cm³/mol. The minimum Gasteiger partial charge on any atom is -0.466 e. The Morgan fingerprint density at radius 3 is 2.39 bits per heavy atom. The van der Waals surface area contributed by atoms with Crippen LogP contribution in [0.3, 0.4) is 0 Å². The van der Waals surface area contributed by atoms with Gasteiger partial charge in [0.05, 0.1) is 13.0 Å². The van der Waals surface area contributed by atoms with E-state index in [0.29, 0.717) is 17.7 Å². The van der Waals surface area contributed by atoms with Gasteiger partial charge in [0, 0.05) is 12.6 Å². The first-order chi connectivity index (χ1) is 17.9. The lowest BCUT2D eigenvalue weighted by Gasteiger charge is -2.35. The maximum Gasteiger partial charge on any atom is 0.408 e. The number of aryl methyl sites for hydroxylation is 2. The molecule has 1 fully saturated rings. The van der Waals surface area contributed by atoms with Crippen LogP contribution in [-0.2, 0) is 23.9 Å². The van der Waals surface area contributed by atoms with Gasteiger partial charge in [0.1, 0.15) is 17.7 Å². The molecule has 9 nitrogen and oxygen atoms in total. The summed E-state index contributed by atoms with van der Waals surface area (Å²) < 4.78 is 10.4. The van der Waals surface area contributed by atoms with Gasteiger partial charge in [-0.1, -0.05) is 23.8 Å². The summed E-state index contributed by atoms with van der Waals surface area (Å²) in [4.78, 5) is 53.8. The third kappa shape index (κ3) is 9.85. The molecule has 1 aliphatic carbocycles. The fourth-order valence-electron chi connectivity index (χ4n) is 4.16. The summed E-state index contributed by atoms with van der Waals surface area (Å²) in [6.45, 7) is 11.3. The van der Waals surface area contributed by atoms with Crippen molar-refractivity contribution in [3.05, 3.63) is 34.9 Å². The number of carbonyl (C=O) groups excluding carboxylic acids is 4. The molecule has 0 radical (unpaired) electrons. The maximum absolute atomic E-state index is 14.1. The zero-order chi connectivity index (χ0) is 28.5. The van der Waals surface area contributed by atoms with Crippen molar-refractivity contribution in [3.8, 4) is 0 Å². The van der Waals surface area contributed by atoms with E-state index < -0.39 is 29.7 Å². The first-order valence-electron chi connectivity index (χ1n) is 13.2. The van der Waals surface area contributed by atoms with Gasteiger partial charge in [0.2, 0.25) is 11.8 Å². The van der Waals surface area contributed by atoms with Gasteiger partial charge in [-0.15, -0.1) is 0 Å². The second-order valence-corrected chi connectivity index (χ2v) is 11.6. The smallest absolute Gasteiger partial charge is 0.408 e. The van der Waals surface area contributed by atoms with E-state index in [1.165, 1.54) is 0 Å². The molecule has 0 aliphatic heterocycles. The van der Waals surface area contributed by atoms with E-state index in [0.717, 1.165) is 24.0 Å². The van der Waals surface area contributed by atoms with Crippen LogP contribution in [0, 0.1) is 13.8 Å². The number of alkyl carbamates (subject to hydrolysis) is 1. The summed E-state index contributed by atoms with van der Waals surface area (Å²) in [6, 6.07) is 3.89. The first-order valence-corrected chi connectivity index (χ1v) is 14.6. The van der Waals surface area contributed by atoms with Crippen LogP contribution >= 0.6 is 11.8 Å². The minimum absolute atomic E-state index is 0.0348. The van der Waals surface area contributed by atoms with Crippen LogP contribution in [0.2, 0.25) is 0 Å². The molecule has 3 amide bonds. The molecule has 0 heterocycles. The van der Waals surface area contributed by atoms with Crippen LogP contribution in [-0.4, -0.2) is 71.6 Å². The number of hydrogen-bond donors (Lipinski definition) is 2. The number of hydrogen-bond acceptors (Lipinski definition) is 7. The molecule has 1 aliphatic rings. The Labute approximate surface area is 230 Å². The van der Waals surface area contributed by atoms with Crippen LogP contribution in [0.25, 0.3) is 0 Å². The number of esters is 1. The van der Waals surface area contributed by atoms with Crippen LogP contribution in [0.1, 0.15) is 76.1 Å². The Kier molecular flexibility index (Phi) is 11.9. The molecule has 0 spiro atoms. The molecule has 1 saturated carbocycles. The van der Waals surface area contributed by atoms with Crippen LogP contribution in [0.5, 0.6) is 0 Å². The first kappa shape index (κ1) is 31.5. The van der Waals surface area contributed by atoms with Crippen LogP contribution < -0.4 is 10.6 Å². The molecule has 2 rings (SSSR count). The van der Waals surface area contributed by atoms with E-state index in [1.807, 2.05) is 38.3 Å². The molecular formula is C28H43N3O6S. The summed E-state index contributed by atoms with van der Waals surface area (Å²) >= 11 is 1.57. The van der Waals surface area contributed by atoms with Gasteiger partial charge >= 0.3 is 12.1 Å². The second-order valence-electron chi connectivity index (χ2n) is 10.6. The second kappa shape index (κ2) is 14.4. The highest BCUT2D eigenvalue weighted by Gasteiger charge is 2.44. The number of carbonyl (C=O) groups is 4. The molecule has 2 N–H and O–H groups in total. The lowest BCUT2D eigenvalue weighted by atomic mass is 9.96. The Bertz CT molecular complexity index is 989. The average molecular weight is 550 g/mol. The molecule has 1 aromatic carbocycles. The highest BCUT2D eigenvalue weighted by molar-refractivity contribution is 7.98. The van der Waals surface area contributed by atoms with Crippen LogP contribution in [0.15, 0.2) is 18.2 Å².